The molecule has 0 saturated heterocycles. The molecule has 31 heavy (non-hydrogen) atoms. The number of nitrogens with zero attached hydrogens (tertiary/aromatic N) is 1. The minimum atomic E-state index is -0.279. The van der Waals surface area contributed by atoms with Gasteiger partial charge in [-0.1, -0.05) is 34.1 Å². The molecule has 0 bridgehead atoms. The molecule has 2 heterocycles. The van der Waals surface area contributed by atoms with Gasteiger partial charge in [0.2, 0.25) is 0 Å². The third-order valence-corrected chi connectivity index (χ3v) is 5.73. The molecule has 4 aromatic rings. The highest BCUT2D eigenvalue weighted by atomic mass is 79.9. The molecular weight excluding hydrogens is 482 g/mol. The fourth-order valence-corrected chi connectivity index (χ4v) is 4.08. The molecule has 0 radical (unpaired) electrons. The summed E-state index contributed by atoms with van der Waals surface area (Å²) in [6.45, 7) is 2.80. The molecular formula is C23H20BrNO5S. The lowest BCUT2D eigenvalue weighted by atomic mass is 10.1. The summed E-state index contributed by atoms with van der Waals surface area (Å²) in [5.74, 6) is 0.993. The summed E-state index contributed by atoms with van der Waals surface area (Å²) in [4.78, 5) is 16.1. The van der Waals surface area contributed by atoms with Crippen molar-refractivity contribution in [1.82, 2.24) is 4.98 Å². The number of hydrogen-bond acceptors (Lipinski definition) is 7. The van der Waals surface area contributed by atoms with E-state index in [0.29, 0.717) is 30.3 Å². The van der Waals surface area contributed by atoms with Crippen LogP contribution in [-0.4, -0.2) is 17.6 Å². The quantitative estimate of drug-likeness (QED) is 0.265. The van der Waals surface area contributed by atoms with E-state index >= 15 is 0 Å². The van der Waals surface area contributed by atoms with Gasteiger partial charge in [0.25, 0.3) is 0 Å². The van der Waals surface area contributed by atoms with Gasteiger partial charge in [0.15, 0.2) is 11.3 Å². The molecule has 6 nitrogen and oxygen atoms in total. The normalized spacial score (nSPS) is 10.9. The molecule has 0 aliphatic heterocycles. The van der Waals surface area contributed by atoms with Gasteiger partial charge in [-0.05, 0) is 25.1 Å². The first-order valence-electron chi connectivity index (χ1n) is 9.71. The van der Waals surface area contributed by atoms with Crippen LogP contribution in [0.5, 0.6) is 11.5 Å². The first-order valence-corrected chi connectivity index (χ1v) is 11.4. The first kappa shape index (κ1) is 21.4. The molecule has 4 rings (SSSR count). The van der Waals surface area contributed by atoms with E-state index in [0.717, 1.165) is 26.0 Å². The second-order valence-corrected chi connectivity index (χ2v) is 8.53. The second kappa shape index (κ2) is 9.98. The Balaban J connectivity index is 1.52. The number of furan rings is 1. The van der Waals surface area contributed by atoms with E-state index in [4.69, 9.17) is 18.6 Å². The lowest BCUT2D eigenvalue weighted by Gasteiger charge is -2.11. The van der Waals surface area contributed by atoms with Crippen molar-refractivity contribution in [2.45, 2.75) is 26.6 Å². The predicted octanol–water partition coefficient (Wildman–Crippen LogP) is 5.92. The van der Waals surface area contributed by atoms with Crippen molar-refractivity contribution in [1.29, 1.82) is 0 Å². The number of rotatable bonds is 9. The minimum Gasteiger partial charge on any atom is -0.488 e. The molecule has 0 fully saturated rings. The van der Waals surface area contributed by atoms with Gasteiger partial charge in [-0.2, -0.15) is 0 Å². The average molecular weight is 502 g/mol. The molecule has 0 atom stereocenters. The van der Waals surface area contributed by atoms with Crippen LogP contribution in [0, 0.1) is 0 Å². The van der Waals surface area contributed by atoms with E-state index in [1.165, 1.54) is 11.3 Å². The number of aromatic nitrogens is 1. The number of halogens is 1. The van der Waals surface area contributed by atoms with Crippen LogP contribution in [0.1, 0.15) is 23.1 Å². The topological polar surface area (TPSA) is 70.8 Å². The summed E-state index contributed by atoms with van der Waals surface area (Å²) < 4.78 is 23.7. The zero-order chi connectivity index (χ0) is 21.6. The van der Waals surface area contributed by atoms with Crippen LogP contribution < -0.4 is 9.47 Å². The summed E-state index contributed by atoms with van der Waals surface area (Å²) >= 11 is 5.08. The minimum absolute atomic E-state index is 0.163. The van der Waals surface area contributed by atoms with Crippen molar-refractivity contribution in [3.63, 3.8) is 0 Å². The van der Waals surface area contributed by atoms with Crippen molar-refractivity contribution in [2.24, 2.45) is 0 Å². The maximum absolute atomic E-state index is 11.9. The molecule has 0 spiro atoms. The fourth-order valence-electron chi connectivity index (χ4n) is 3.12. The Bertz CT molecular complexity index is 1170. The van der Waals surface area contributed by atoms with E-state index in [9.17, 15) is 4.79 Å². The van der Waals surface area contributed by atoms with Crippen molar-refractivity contribution in [3.05, 3.63) is 74.8 Å². The molecule has 8 heteroatoms. The lowest BCUT2D eigenvalue weighted by Crippen LogP contribution is -2.09. The zero-order valence-corrected chi connectivity index (χ0v) is 19.2. The van der Waals surface area contributed by atoms with Crippen LogP contribution in [-0.2, 0) is 29.2 Å². The van der Waals surface area contributed by atoms with E-state index < -0.39 is 0 Å². The smallest absolute Gasteiger partial charge is 0.310 e. The molecule has 0 amide bonds. The standard InChI is InChI=1S/C23H20BrNO5S/c1-2-27-22(26)9-15-5-3-4-6-19(15)28-12-16-13-30-23-18(16)10-17(24)11-20(23)29-14-21-25-7-8-31-21/h3-8,10-11,13H,2,9,12,14H2,1H3. The Kier molecular flexibility index (Phi) is 6.89. The van der Waals surface area contributed by atoms with Crippen molar-refractivity contribution in [2.75, 3.05) is 6.61 Å². The number of thiazole rings is 1. The van der Waals surface area contributed by atoms with Gasteiger partial charge in [0, 0.05) is 32.6 Å². The van der Waals surface area contributed by atoms with E-state index in [-0.39, 0.29) is 19.0 Å². The van der Waals surface area contributed by atoms with Gasteiger partial charge in [0.05, 0.1) is 19.3 Å². The number of fused-ring (bicyclic) bond motifs is 1. The van der Waals surface area contributed by atoms with Gasteiger partial charge in [0.1, 0.15) is 24.0 Å². The van der Waals surface area contributed by atoms with Gasteiger partial charge in [-0.15, -0.1) is 11.3 Å². The Morgan fingerprint density at radius 2 is 1.97 bits per heavy atom. The Morgan fingerprint density at radius 3 is 2.77 bits per heavy atom. The highest BCUT2D eigenvalue weighted by molar-refractivity contribution is 9.10. The summed E-state index contributed by atoms with van der Waals surface area (Å²) in [6.07, 6.45) is 3.58. The third-order valence-electron chi connectivity index (χ3n) is 4.52. The number of para-hydroxylation sites is 1. The molecule has 0 unspecified atom stereocenters. The molecule has 160 valence electrons. The van der Waals surface area contributed by atoms with Crippen molar-refractivity contribution < 1.29 is 23.4 Å². The van der Waals surface area contributed by atoms with Crippen LogP contribution in [0.4, 0.5) is 0 Å². The monoisotopic (exact) mass is 501 g/mol. The van der Waals surface area contributed by atoms with Crippen molar-refractivity contribution in [3.8, 4) is 11.5 Å². The SMILES string of the molecule is CCOC(=O)Cc1ccccc1OCc1coc2c(OCc3nccs3)cc(Br)cc12. The summed E-state index contributed by atoms with van der Waals surface area (Å²) in [6, 6.07) is 11.3. The molecule has 0 aliphatic rings. The van der Waals surface area contributed by atoms with E-state index in [2.05, 4.69) is 20.9 Å². The van der Waals surface area contributed by atoms with Crippen LogP contribution in [0.15, 0.2) is 63.1 Å². The average Bonchev–Trinajstić information content (AvgIpc) is 3.41. The van der Waals surface area contributed by atoms with Crippen LogP contribution in [0.25, 0.3) is 11.0 Å². The van der Waals surface area contributed by atoms with E-state index in [1.807, 2.05) is 41.8 Å². The van der Waals surface area contributed by atoms with Gasteiger partial charge >= 0.3 is 5.97 Å². The molecule has 0 N–H and O–H groups in total. The summed E-state index contributed by atoms with van der Waals surface area (Å²) in [5.41, 5.74) is 2.31. The number of hydrogen-bond donors (Lipinski definition) is 0. The lowest BCUT2D eigenvalue weighted by molar-refractivity contribution is -0.142. The molecule has 2 aromatic carbocycles. The highest BCUT2D eigenvalue weighted by Crippen LogP contribution is 2.35. The van der Waals surface area contributed by atoms with Crippen molar-refractivity contribution >= 4 is 44.2 Å². The molecule has 0 aliphatic carbocycles. The number of carbonyl (C=O) groups excluding carboxylic acids is 1. The van der Waals surface area contributed by atoms with Crippen LogP contribution in [0.2, 0.25) is 0 Å². The van der Waals surface area contributed by atoms with Crippen LogP contribution in [0.3, 0.4) is 0 Å². The Labute approximate surface area is 191 Å². The van der Waals surface area contributed by atoms with E-state index in [1.54, 1.807) is 19.4 Å². The number of carbonyl (C=O) groups is 1. The maximum atomic E-state index is 11.9. The van der Waals surface area contributed by atoms with Gasteiger partial charge in [-0.3, -0.25) is 4.79 Å². The largest absolute Gasteiger partial charge is 0.488 e. The predicted molar refractivity (Wildman–Crippen MR) is 121 cm³/mol. The first-order chi connectivity index (χ1) is 15.1. The zero-order valence-electron chi connectivity index (χ0n) is 16.8. The fraction of sp³-hybridized carbons (Fsp3) is 0.217. The van der Waals surface area contributed by atoms with Gasteiger partial charge in [-0.25, -0.2) is 4.98 Å². The van der Waals surface area contributed by atoms with Gasteiger partial charge < -0.3 is 18.6 Å². The molecule has 0 saturated carbocycles. The number of ether oxygens (including phenoxy) is 3. The summed E-state index contributed by atoms with van der Waals surface area (Å²) in [7, 11) is 0. The maximum Gasteiger partial charge on any atom is 0.310 e. The summed E-state index contributed by atoms with van der Waals surface area (Å²) in [5, 5.41) is 3.70. The second-order valence-electron chi connectivity index (χ2n) is 6.63. The Morgan fingerprint density at radius 1 is 1.13 bits per heavy atom. The molecule has 2 aromatic heterocycles. The Hall–Kier alpha value is -2.84. The third kappa shape index (κ3) is 5.26. The highest BCUT2D eigenvalue weighted by Gasteiger charge is 2.15. The van der Waals surface area contributed by atoms with Crippen LogP contribution >= 0.6 is 27.3 Å². The number of esters is 1. The number of benzene rings is 2.